The molecule has 2 heterocycles. The fraction of sp³-hybridized carbons (Fsp3) is 0.650. The number of rotatable bonds is 2. The first-order valence-electron chi connectivity index (χ1n) is 9.36. The lowest BCUT2D eigenvalue weighted by Gasteiger charge is -2.56. The van der Waals surface area contributed by atoms with Crippen LogP contribution in [0.25, 0.3) is 0 Å². The summed E-state index contributed by atoms with van der Waals surface area (Å²) in [5, 5.41) is 10.4. The van der Waals surface area contributed by atoms with Crippen LogP contribution in [0, 0.1) is 29.1 Å². The average molecular weight is 376 g/mol. The van der Waals surface area contributed by atoms with E-state index in [0.29, 0.717) is 12.8 Å². The van der Waals surface area contributed by atoms with Gasteiger partial charge in [0.25, 0.3) is 0 Å². The van der Waals surface area contributed by atoms with Crippen molar-refractivity contribution in [1.82, 2.24) is 0 Å². The molecule has 1 aromatic rings. The maximum Gasteiger partial charge on any atom is 0.310 e. The van der Waals surface area contributed by atoms with Crippen molar-refractivity contribution in [1.29, 1.82) is 0 Å². The molecule has 7 heteroatoms. The monoisotopic (exact) mass is 376 g/mol. The molecule has 2 saturated carbocycles. The number of Topliss-reactive ketones (excluding diaryl/α,β-unsaturated/α-hetero) is 1. The van der Waals surface area contributed by atoms with Gasteiger partial charge in [-0.1, -0.05) is 6.92 Å². The summed E-state index contributed by atoms with van der Waals surface area (Å²) in [6.07, 6.45) is 3.13. The number of methoxy groups -OCH3 is 1. The predicted molar refractivity (Wildman–Crippen MR) is 91.1 cm³/mol. The number of aliphatic hydroxyl groups excluding tert-OH is 1. The first kappa shape index (κ1) is 18.2. The fourth-order valence-corrected chi connectivity index (χ4v) is 5.56. The molecular formula is C20H24O7. The average Bonchev–Trinajstić information content (AvgIpc) is 3.17. The molecule has 146 valence electrons. The van der Waals surface area contributed by atoms with Gasteiger partial charge in [0, 0.05) is 17.9 Å². The Morgan fingerprint density at radius 3 is 2.78 bits per heavy atom. The summed E-state index contributed by atoms with van der Waals surface area (Å²) < 4.78 is 15.6. The van der Waals surface area contributed by atoms with E-state index < -0.39 is 47.3 Å². The zero-order chi connectivity index (χ0) is 19.3. The third-order valence-corrected chi connectivity index (χ3v) is 6.93. The molecule has 0 amide bonds. The zero-order valence-electron chi connectivity index (χ0n) is 15.4. The lowest BCUT2D eigenvalue weighted by atomic mass is 9.48. The molecule has 1 saturated heterocycles. The van der Waals surface area contributed by atoms with Gasteiger partial charge in [-0.05, 0) is 36.7 Å². The molecule has 2 aliphatic carbocycles. The van der Waals surface area contributed by atoms with Gasteiger partial charge < -0.3 is 19.0 Å². The van der Waals surface area contributed by atoms with E-state index in [9.17, 15) is 19.5 Å². The molecular weight excluding hydrogens is 352 g/mol. The molecule has 1 aliphatic heterocycles. The van der Waals surface area contributed by atoms with Crippen LogP contribution in [0.3, 0.4) is 0 Å². The van der Waals surface area contributed by atoms with Gasteiger partial charge in [0.2, 0.25) is 0 Å². The SMILES string of the molecule is COC(=O)[C@@H]1C[C@H](O)C[C@@H]2[C@@H]1C(=O)C[C@@H]1C(=O)O[C@H](c3ccoc3)C[C@]12C. The Hall–Kier alpha value is -2.15. The second kappa shape index (κ2) is 6.48. The van der Waals surface area contributed by atoms with Crippen LogP contribution in [-0.4, -0.2) is 36.0 Å². The summed E-state index contributed by atoms with van der Waals surface area (Å²) in [5.41, 5.74) is 0.223. The molecule has 3 aliphatic rings. The van der Waals surface area contributed by atoms with Gasteiger partial charge in [0.05, 0.1) is 37.6 Å². The van der Waals surface area contributed by atoms with Gasteiger partial charge in [-0.25, -0.2) is 0 Å². The number of carbonyl (C=O) groups excluding carboxylic acids is 3. The standard InChI is InChI=1S/C20H24O7/c1-20-8-16(10-3-4-26-9-10)27-19(24)14(20)7-15(22)17-12(18(23)25-2)5-11(21)6-13(17)20/h3-4,9,11-14,16-17,21H,5-8H2,1-2H3/t11-,12+,13+,14+,16-,17+,20-/m0/s1. The highest BCUT2D eigenvalue weighted by Crippen LogP contribution is 2.60. The highest BCUT2D eigenvalue weighted by atomic mass is 16.5. The molecule has 0 radical (unpaired) electrons. The van der Waals surface area contributed by atoms with Crippen LogP contribution in [0.4, 0.5) is 0 Å². The van der Waals surface area contributed by atoms with E-state index in [0.717, 1.165) is 5.56 Å². The van der Waals surface area contributed by atoms with Crippen LogP contribution in [-0.2, 0) is 23.9 Å². The number of cyclic esters (lactones) is 1. The number of fused-ring (bicyclic) bond motifs is 3. The first-order chi connectivity index (χ1) is 12.8. The van der Waals surface area contributed by atoms with E-state index in [-0.39, 0.29) is 24.5 Å². The molecule has 1 N–H and O–H groups in total. The number of ketones is 1. The Balaban J connectivity index is 1.72. The van der Waals surface area contributed by atoms with Crippen molar-refractivity contribution in [2.75, 3.05) is 7.11 Å². The van der Waals surface area contributed by atoms with Gasteiger partial charge >= 0.3 is 11.9 Å². The van der Waals surface area contributed by atoms with E-state index >= 15 is 0 Å². The molecule has 0 spiro atoms. The molecule has 7 atom stereocenters. The molecule has 0 bridgehead atoms. The minimum atomic E-state index is -0.705. The zero-order valence-corrected chi connectivity index (χ0v) is 15.4. The van der Waals surface area contributed by atoms with Gasteiger partial charge in [-0.3, -0.25) is 14.4 Å². The van der Waals surface area contributed by atoms with Crippen LogP contribution in [0.2, 0.25) is 0 Å². The van der Waals surface area contributed by atoms with Gasteiger partial charge in [-0.2, -0.15) is 0 Å². The summed E-state index contributed by atoms with van der Waals surface area (Å²) in [6, 6.07) is 1.76. The Bertz CT molecular complexity index is 754. The number of esters is 2. The van der Waals surface area contributed by atoms with Crippen LogP contribution in [0.5, 0.6) is 0 Å². The third kappa shape index (κ3) is 2.79. The van der Waals surface area contributed by atoms with Gasteiger partial charge in [0.15, 0.2) is 0 Å². The summed E-state index contributed by atoms with van der Waals surface area (Å²) in [5.74, 6) is -3.00. The van der Waals surface area contributed by atoms with Crippen molar-refractivity contribution in [3.63, 3.8) is 0 Å². The lowest BCUT2D eigenvalue weighted by molar-refractivity contribution is -0.196. The fourth-order valence-electron chi connectivity index (χ4n) is 5.56. The molecule has 27 heavy (non-hydrogen) atoms. The predicted octanol–water partition coefficient (Wildman–Crippen LogP) is 2.04. The number of hydrogen-bond donors (Lipinski definition) is 1. The minimum Gasteiger partial charge on any atom is -0.472 e. The van der Waals surface area contributed by atoms with Crippen molar-refractivity contribution in [3.8, 4) is 0 Å². The van der Waals surface area contributed by atoms with Crippen LogP contribution in [0.1, 0.15) is 44.3 Å². The normalized spacial score (nSPS) is 41.3. The molecule has 4 rings (SSSR count). The summed E-state index contributed by atoms with van der Waals surface area (Å²) in [6.45, 7) is 1.99. The second-order valence-corrected chi connectivity index (χ2v) is 8.30. The number of aliphatic hydroxyl groups is 1. The number of ether oxygens (including phenoxy) is 2. The van der Waals surface area contributed by atoms with E-state index in [1.165, 1.54) is 13.4 Å². The van der Waals surface area contributed by atoms with Crippen molar-refractivity contribution >= 4 is 17.7 Å². The molecule has 7 nitrogen and oxygen atoms in total. The van der Waals surface area contributed by atoms with Crippen LogP contribution in [0.15, 0.2) is 23.0 Å². The Kier molecular flexibility index (Phi) is 4.37. The Morgan fingerprint density at radius 2 is 2.11 bits per heavy atom. The topological polar surface area (TPSA) is 103 Å². The molecule has 3 fully saturated rings. The first-order valence-corrected chi connectivity index (χ1v) is 9.36. The quantitative estimate of drug-likeness (QED) is 0.788. The summed E-state index contributed by atoms with van der Waals surface area (Å²) in [7, 11) is 1.29. The van der Waals surface area contributed by atoms with Crippen LogP contribution < -0.4 is 0 Å². The summed E-state index contributed by atoms with van der Waals surface area (Å²) in [4.78, 5) is 38.0. The van der Waals surface area contributed by atoms with Crippen molar-refractivity contribution in [2.24, 2.45) is 29.1 Å². The number of hydrogen-bond acceptors (Lipinski definition) is 7. The Labute approximate surface area is 157 Å². The van der Waals surface area contributed by atoms with Gasteiger partial charge in [0.1, 0.15) is 11.9 Å². The van der Waals surface area contributed by atoms with Crippen LogP contribution >= 0.6 is 0 Å². The molecule has 1 aromatic heterocycles. The smallest absolute Gasteiger partial charge is 0.310 e. The maximum absolute atomic E-state index is 12.9. The lowest BCUT2D eigenvalue weighted by Crippen LogP contribution is -2.59. The van der Waals surface area contributed by atoms with E-state index in [4.69, 9.17) is 13.9 Å². The number of carbonyl (C=O) groups is 3. The number of furan rings is 1. The van der Waals surface area contributed by atoms with Crippen molar-refractivity contribution in [3.05, 3.63) is 24.2 Å². The Morgan fingerprint density at radius 1 is 1.33 bits per heavy atom. The van der Waals surface area contributed by atoms with E-state index in [1.807, 2.05) is 6.92 Å². The van der Waals surface area contributed by atoms with Crippen molar-refractivity contribution < 1.29 is 33.4 Å². The molecule has 0 unspecified atom stereocenters. The van der Waals surface area contributed by atoms with Gasteiger partial charge in [-0.15, -0.1) is 0 Å². The largest absolute Gasteiger partial charge is 0.472 e. The summed E-state index contributed by atoms with van der Waals surface area (Å²) >= 11 is 0. The van der Waals surface area contributed by atoms with Crippen molar-refractivity contribution in [2.45, 2.75) is 44.8 Å². The minimum absolute atomic E-state index is 0.0677. The third-order valence-electron chi connectivity index (χ3n) is 6.93. The van der Waals surface area contributed by atoms with E-state index in [2.05, 4.69) is 0 Å². The maximum atomic E-state index is 12.9. The molecule has 0 aromatic carbocycles. The van der Waals surface area contributed by atoms with E-state index in [1.54, 1.807) is 12.3 Å². The highest BCUT2D eigenvalue weighted by Gasteiger charge is 2.62. The second-order valence-electron chi connectivity index (χ2n) is 8.30. The highest BCUT2D eigenvalue weighted by molar-refractivity contribution is 5.92.